The Hall–Kier alpha value is -0.980. The van der Waals surface area contributed by atoms with E-state index in [-0.39, 0.29) is 23.9 Å². The molecule has 0 spiro atoms. The van der Waals surface area contributed by atoms with Crippen LogP contribution in [0.25, 0.3) is 0 Å². The van der Waals surface area contributed by atoms with E-state index >= 15 is 0 Å². The van der Waals surface area contributed by atoms with Gasteiger partial charge in [-0.25, -0.2) is 10.4 Å². The number of nitrogens with one attached hydrogen (secondary N) is 1. The van der Waals surface area contributed by atoms with Gasteiger partial charge in [0.25, 0.3) is 0 Å². The summed E-state index contributed by atoms with van der Waals surface area (Å²) in [5.41, 5.74) is 3.27. The smallest absolute Gasteiger partial charge is 0.248 e. The van der Waals surface area contributed by atoms with Crippen LogP contribution < -0.4 is 5.43 Å². The van der Waals surface area contributed by atoms with Crippen LogP contribution in [0.3, 0.4) is 0 Å². The van der Waals surface area contributed by atoms with Gasteiger partial charge in [0.05, 0.1) is 6.42 Å². The summed E-state index contributed by atoms with van der Waals surface area (Å²) in [4.78, 5) is 28.4. The van der Waals surface area contributed by atoms with Crippen LogP contribution >= 0.6 is 0 Å². The SMILES string of the molecule is CN1CCN(NC2CC(=O)N(C3CCCC3)C2=O)CC1. The Morgan fingerprint density at radius 3 is 2.35 bits per heavy atom. The average Bonchev–Trinajstić information content (AvgIpc) is 3.02. The van der Waals surface area contributed by atoms with Gasteiger partial charge in [0.15, 0.2) is 0 Å². The van der Waals surface area contributed by atoms with Gasteiger partial charge < -0.3 is 4.90 Å². The zero-order valence-electron chi connectivity index (χ0n) is 12.2. The molecule has 1 unspecified atom stereocenters. The highest BCUT2D eigenvalue weighted by Gasteiger charge is 2.43. The fourth-order valence-electron chi connectivity index (χ4n) is 3.45. The Morgan fingerprint density at radius 1 is 1.05 bits per heavy atom. The molecule has 2 amide bonds. The van der Waals surface area contributed by atoms with Gasteiger partial charge in [-0.2, -0.15) is 0 Å². The van der Waals surface area contributed by atoms with Crippen LogP contribution in [0.15, 0.2) is 0 Å². The summed E-state index contributed by atoms with van der Waals surface area (Å²) in [5.74, 6) is -0.00523. The molecule has 0 bridgehead atoms. The number of likely N-dealkylation sites (tertiary alicyclic amines) is 1. The molecule has 2 heterocycles. The van der Waals surface area contributed by atoms with E-state index in [1.54, 1.807) is 4.90 Å². The van der Waals surface area contributed by atoms with Crippen LogP contribution in [0.4, 0.5) is 0 Å². The number of piperazine rings is 1. The van der Waals surface area contributed by atoms with E-state index in [1.165, 1.54) is 0 Å². The van der Waals surface area contributed by atoms with Gasteiger partial charge in [-0.15, -0.1) is 0 Å². The van der Waals surface area contributed by atoms with Crippen molar-refractivity contribution in [1.82, 2.24) is 20.2 Å². The molecule has 0 aromatic carbocycles. The number of carbonyl (C=O) groups is 2. The molecule has 0 radical (unpaired) electrons. The number of amides is 2. The normalized spacial score (nSPS) is 30.6. The number of hydrazine groups is 1. The monoisotopic (exact) mass is 280 g/mol. The molecule has 6 heteroatoms. The maximum absolute atomic E-state index is 12.4. The lowest BCUT2D eigenvalue weighted by Gasteiger charge is -2.34. The Bertz CT molecular complexity index is 387. The molecule has 3 aliphatic rings. The zero-order chi connectivity index (χ0) is 14.1. The van der Waals surface area contributed by atoms with Crippen molar-refractivity contribution < 1.29 is 9.59 Å². The third-order valence-electron chi connectivity index (χ3n) is 4.71. The highest BCUT2D eigenvalue weighted by Crippen LogP contribution is 2.28. The molecule has 2 saturated heterocycles. The first-order chi connectivity index (χ1) is 9.65. The fourth-order valence-corrected chi connectivity index (χ4v) is 3.45. The number of imide groups is 1. The molecule has 2 aliphatic heterocycles. The van der Waals surface area contributed by atoms with Gasteiger partial charge in [0.2, 0.25) is 11.8 Å². The summed E-state index contributed by atoms with van der Waals surface area (Å²) >= 11 is 0. The molecular formula is C14H24N4O2. The van der Waals surface area contributed by atoms with E-state index in [9.17, 15) is 9.59 Å². The summed E-state index contributed by atoms with van der Waals surface area (Å²) in [7, 11) is 2.10. The summed E-state index contributed by atoms with van der Waals surface area (Å²) < 4.78 is 0. The molecule has 3 rings (SSSR count). The van der Waals surface area contributed by atoms with Gasteiger partial charge in [-0.1, -0.05) is 12.8 Å². The van der Waals surface area contributed by atoms with Crippen LogP contribution in [-0.4, -0.2) is 71.9 Å². The van der Waals surface area contributed by atoms with E-state index in [1.807, 2.05) is 0 Å². The van der Waals surface area contributed by atoms with Crippen molar-refractivity contribution in [2.24, 2.45) is 0 Å². The first kappa shape index (κ1) is 14.0. The molecule has 20 heavy (non-hydrogen) atoms. The van der Waals surface area contributed by atoms with Crippen LogP contribution in [0, 0.1) is 0 Å². The van der Waals surface area contributed by atoms with Gasteiger partial charge in [0, 0.05) is 32.2 Å². The molecule has 1 aliphatic carbocycles. The Balaban J connectivity index is 1.58. The Morgan fingerprint density at radius 2 is 1.70 bits per heavy atom. The number of hydrogen-bond acceptors (Lipinski definition) is 5. The van der Waals surface area contributed by atoms with Crippen molar-refractivity contribution in [2.75, 3.05) is 33.2 Å². The third kappa shape index (κ3) is 2.73. The van der Waals surface area contributed by atoms with Crippen LogP contribution in [0.2, 0.25) is 0 Å². The lowest BCUT2D eigenvalue weighted by Crippen LogP contribution is -2.55. The summed E-state index contributed by atoms with van der Waals surface area (Å²) in [6.07, 6.45) is 4.57. The second-order valence-electron chi connectivity index (χ2n) is 6.22. The molecule has 1 saturated carbocycles. The number of carbonyl (C=O) groups excluding carboxylic acids is 2. The van der Waals surface area contributed by atoms with Crippen molar-refractivity contribution in [3.8, 4) is 0 Å². The standard InChI is InChI=1S/C14H24N4O2/c1-16-6-8-17(9-7-16)15-12-10-13(19)18(14(12)20)11-4-2-3-5-11/h11-12,15H,2-10H2,1H3. The summed E-state index contributed by atoms with van der Waals surface area (Å²) in [5, 5.41) is 2.09. The lowest BCUT2D eigenvalue weighted by atomic mass is 10.2. The number of nitrogens with zero attached hydrogens (tertiary/aromatic N) is 3. The maximum atomic E-state index is 12.4. The highest BCUT2D eigenvalue weighted by atomic mass is 16.2. The third-order valence-corrected chi connectivity index (χ3v) is 4.71. The predicted molar refractivity (Wildman–Crippen MR) is 74.7 cm³/mol. The quantitative estimate of drug-likeness (QED) is 0.726. The van der Waals surface area contributed by atoms with E-state index in [2.05, 4.69) is 22.4 Å². The molecule has 112 valence electrons. The van der Waals surface area contributed by atoms with Gasteiger partial charge >= 0.3 is 0 Å². The topological polar surface area (TPSA) is 55.9 Å². The van der Waals surface area contributed by atoms with E-state index in [4.69, 9.17) is 0 Å². The number of rotatable bonds is 3. The fraction of sp³-hybridized carbons (Fsp3) is 0.857. The molecule has 1 N–H and O–H groups in total. The minimum atomic E-state index is -0.341. The molecule has 0 aromatic heterocycles. The van der Waals surface area contributed by atoms with Crippen LogP contribution in [0.1, 0.15) is 32.1 Å². The van der Waals surface area contributed by atoms with Crippen molar-refractivity contribution in [1.29, 1.82) is 0 Å². The Kier molecular flexibility index (Phi) is 4.05. The second-order valence-corrected chi connectivity index (χ2v) is 6.22. The van der Waals surface area contributed by atoms with Crippen molar-refractivity contribution in [2.45, 2.75) is 44.2 Å². The van der Waals surface area contributed by atoms with Crippen LogP contribution in [-0.2, 0) is 9.59 Å². The largest absolute Gasteiger partial charge is 0.304 e. The molecule has 1 atom stereocenters. The first-order valence-corrected chi connectivity index (χ1v) is 7.71. The maximum Gasteiger partial charge on any atom is 0.248 e. The molecule has 0 aromatic rings. The van der Waals surface area contributed by atoms with E-state index < -0.39 is 0 Å². The van der Waals surface area contributed by atoms with Gasteiger partial charge in [0.1, 0.15) is 6.04 Å². The second kappa shape index (κ2) is 5.79. The van der Waals surface area contributed by atoms with E-state index in [0.29, 0.717) is 6.42 Å². The predicted octanol–water partition coefficient (Wildman–Crippen LogP) is -0.191. The number of likely N-dealkylation sites (N-methyl/N-ethyl adjacent to an activating group) is 1. The first-order valence-electron chi connectivity index (χ1n) is 7.71. The molecule has 3 fully saturated rings. The van der Waals surface area contributed by atoms with Crippen molar-refractivity contribution in [3.05, 3.63) is 0 Å². The van der Waals surface area contributed by atoms with Crippen molar-refractivity contribution >= 4 is 11.8 Å². The molecule has 6 nitrogen and oxygen atoms in total. The summed E-state index contributed by atoms with van der Waals surface area (Å²) in [6, 6.07) is -0.180. The van der Waals surface area contributed by atoms with E-state index in [0.717, 1.165) is 51.9 Å². The minimum absolute atomic E-state index is 0.00790. The Labute approximate surface area is 120 Å². The van der Waals surface area contributed by atoms with Crippen LogP contribution in [0.5, 0.6) is 0 Å². The van der Waals surface area contributed by atoms with Gasteiger partial charge in [-0.3, -0.25) is 14.5 Å². The average molecular weight is 280 g/mol. The zero-order valence-corrected chi connectivity index (χ0v) is 12.2. The minimum Gasteiger partial charge on any atom is -0.304 e. The van der Waals surface area contributed by atoms with Crippen molar-refractivity contribution in [3.63, 3.8) is 0 Å². The van der Waals surface area contributed by atoms with Gasteiger partial charge in [-0.05, 0) is 19.9 Å². The molecular weight excluding hydrogens is 256 g/mol. The number of hydrogen-bond donors (Lipinski definition) is 1. The lowest BCUT2D eigenvalue weighted by molar-refractivity contribution is -0.141. The summed E-state index contributed by atoms with van der Waals surface area (Å²) in [6.45, 7) is 3.79. The highest BCUT2D eigenvalue weighted by molar-refractivity contribution is 6.05.